The van der Waals surface area contributed by atoms with Crippen molar-refractivity contribution in [3.8, 4) is 0 Å². The Kier molecular flexibility index (Phi) is 17.0. The maximum Gasteiger partial charge on any atom is 0.311 e. The minimum atomic E-state index is -2.37. The lowest BCUT2D eigenvalue weighted by Gasteiger charge is -2.63. The number of likely N-dealkylation sites (N-methyl/N-ethyl adjacent to an activating group) is 1. The van der Waals surface area contributed by atoms with Gasteiger partial charge in [-0.15, -0.1) is 0 Å². The molecule has 3 saturated carbocycles. The minimum Gasteiger partial charge on any atom is -0.459 e. The smallest absolute Gasteiger partial charge is 0.311 e. The van der Waals surface area contributed by atoms with E-state index in [1.54, 1.807) is 41.5 Å². The first-order valence-electron chi connectivity index (χ1n) is 26.1. The van der Waals surface area contributed by atoms with Crippen LogP contribution in [0, 0.1) is 46.3 Å². The summed E-state index contributed by atoms with van der Waals surface area (Å²) in [7, 11) is 3.68. The van der Waals surface area contributed by atoms with Crippen LogP contribution in [0.5, 0.6) is 0 Å². The highest BCUT2D eigenvalue weighted by Gasteiger charge is 2.77. The number of aliphatic hydroxyl groups excluding tert-OH is 4. The summed E-state index contributed by atoms with van der Waals surface area (Å²) in [4.78, 5) is 44.3. The predicted octanol–water partition coefficient (Wildman–Crippen LogP) is 3.15. The number of allylic oxidation sites excluding steroid dienone is 4. The van der Waals surface area contributed by atoms with Crippen molar-refractivity contribution in [3.63, 3.8) is 0 Å². The van der Waals surface area contributed by atoms with Gasteiger partial charge in [0.1, 0.15) is 30.1 Å². The van der Waals surface area contributed by atoms with Crippen molar-refractivity contribution in [2.75, 3.05) is 33.7 Å². The number of carbonyl (C=O) groups excluding carboxylic acids is 3. The summed E-state index contributed by atoms with van der Waals surface area (Å²) < 4.78 is 52.4. The largest absolute Gasteiger partial charge is 0.459 e. The second-order valence-corrected chi connectivity index (χ2v) is 24.0. The molecular formula is C53H87F2N3O13. The first kappa shape index (κ1) is 57.8. The van der Waals surface area contributed by atoms with E-state index in [1.807, 2.05) is 37.7 Å². The molecule has 4 aliphatic carbocycles. The number of cyclic esters (lactones) is 1. The minimum absolute atomic E-state index is 0.0103. The molecule has 0 bridgehead atoms. The summed E-state index contributed by atoms with van der Waals surface area (Å²) in [5.74, 6) is -6.93. The molecule has 0 aromatic rings. The monoisotopic (exact) mass is 1010 g/mol. The van der Waals surface area contributed by atoms with E-state index in [1.165, 1.54) is 32.9 Å². The molecule has 1 amide bonds. The lowest BCUT2D eigenvalue weighted by molar-refractivity contribution is -0.299. The summed E-state index contributed by atoms with van der Waals surface area (Å²) in [6, 6.07) is -1.14. The first-order chi connectivity index (χ1) is 32.8. The quantitative estimate of drug-likeness (QED) is 0.122. The van der Waals surface area contributed by atoms with E-state index < -0.39 is 136 Å². The van der Waals surface area contributed by atoms with Crippen LogP contribution in [0.2, 0.25) is 0 Å². The molecule has 5 unspecified atom stereocenters. The molecule has 18 heteroatoms. The number of hydrogen-bond acceptors (Lipinski definition) is 15. The molecule has 8 N–H and O–H groups in total. The topological polar surface area (TPSA) is 239 Å². The van der Waals surface area contributed by atoms with Gasteiger partial charge in [-0.2, -0.15) is 0 Å². The van der Waals surface area contributed by atoms with Crippen molar-refractivity contribution in [3.05, 3.63) is 23.8 Å². The average molecular weight is 1010 g/mol. The summed E-state index contributed by atoms with van der Waals surface area (Å²) in [6.45, 7) is 18.6. The molecule has 6 rings (SSSR count). The molecule has 0 aromatic carbocycles. The van der Waals surface area contributed by atoms with Gasteiger partial charge < -0.3 is 60.2 Å². The number of hydrogen-bond donors (Lipinski definition) is 8. The lowest BCUT2D eigenvalue weighted by atomic mass is 9.44. The van der Waals surface area contributed by atoms with E-state index in [0.29, 0.717) is 6.42 Å². The van der Waals surface area contributed by atoms with Gasteiger partial charge in [0.2, 0.25) is 0 Å². The summed E-state index contributed by atoms with van der Waals surface area (Å²) >= 11 is 0. The van der Waals surface area contributed by atoms with E-state index in [9.17, 15) is 50.1 Å². The van der Waals surface area contributed by atoms with Gasteiger partial charge in [-0.05, 0) is 136 Å². The number of rotatable bonds is 9. The van der Waals surface area contributed by atoms with Crippen LogP contribution >= 0.6 is 0 Å². The Labute approximate surface area is 419 Å². The molecule has 5 fully saturated rings. The fourth-order valence-electron chi connectivity index (χ4n) is 14.5. The second kappa shape index (κ2) is 20.9. The molecule has 16 nitrogen and oxygen atoms in total. The number of alkyl halides is 2. The van der Waals surface area contributed by atoms with Crippen LogP contribution < -0.4 is 5.32 Å². The van der Waals surface area contributed by atoms with E-state index in [2.05, 4.69) is 5.32 Å². The number of aliphatic hydroxyl groups is 7. The third kappa shape index (κ3) is 9.97. The third-order valence-electron chi connectivity index (χ3n) is 18.8. The van der Waals surface area contributed by atoms with Crippen molar-refractivity contribution >= 4 is 17.7 Å². The van der Waals surface area contributed by atoms with E-state index in [4.69, 9.17) is 14.2 Å². The van der Waals surface area contributed by atoms with Gasteiger partial charge in [0.05, 0.1) is 35.9 Å². The molecule has 0 aromatic heterocycles. The maximum atomic E-state index is 17.8. The van der Waals surface area contributed by atoms with E-state index >= 15 is 8.78 Å². The molecule has 0 radical (unpaired) electrons. The SMILES string of the molecule is CC[C@H]1OC(=O)[C@H](C)C(O)[C@H](C)C(O[C@@H]2O[C@H](C)C[C@@H](N(C)C)C2O)[C@](C)(O)C[C@@H](C)CN(CCCNC(=O)[C@@]2(O)[C@H](C)CC3C4C[C@H](F)C5=CC(=O)C=C[C@]5(C)[C@@]4(F)[C@@H](O)C[C@@]32C)[C@H](C)[C@@H](O)[C@]1(C)O. The molecule has 2 aliphatic heterocycles. The summed E-state index contributed by atoms with van der Waals surface area (Å²) in [5, 5.41) is 87.1. The highest BCUT2D eigenvalue weighted by atomic mass is 19.1. The number of halogens is 2. The van der Waals surface area contributed by atoms with Crippen LogP contribution in [-0.2, 0) is 28.6 Å². The number of amides is 1. The van der Waals surface area contributed by atoms with Gasteiger partial charge in [0.15, 0.2) is 23.3 Å². The Hall–Kier alpha value is -2.49. The van der Waals surface area contributed by atoms with E-state index in [-0.39, 0.29) is 81.8 Å². The lowest BCUT2D eigenvalue weighted by Crippen LogP contribution is -2.71. The Morgan fingerprint density at radius 1 is 0.944 bits per heavy atom. The zero-order valence-corrected chi connectivity index (χ0v) is 44.3. The number of nitrogens with one attached hydrogen (secondary N) is 1. The van der Waals surface area contributed by atoms with Crippen LogP contribution in [0.4, 0.5) is 8.78 Å². The van der Waals surface area contributed by atoms with E-state index in [0.717, 1.165) is 6.08 Å². The fourth-order valence-corrected chi connectivity index (χ4v) is 14.5. The standard InChI is InChI=1S/C53H87F2N3O13/c1-14-40-51(11,67)43(63)32(7)58(26-27(2)24-50(10,66)44(30(5)41(61)31(6)45(64)70-40)71-46-42(62)38(57(12)13)21-29(4)69-46)19-15-18-56-47(65)53(68)28(3)20-34-35-23-37(54)36-22-33(59)16-17-48(36,8)52(35,55)39(60)25-49(34,53)9/h16-17,22,27-32,34-35,37-44,46,60-63,66-68H,14-15,18-21,23-26H2,1-13H3,(H,56,65)/t27-,28-,29-,30+,31-,32-,34?,35?,37+,38-,39+,40-,41?,42?,43-,44?,46+,48+,49+,50-,51-,52+,53+/m1/s1. The zero-order chi connectivity index (χ0) is 53.3. The number of ether oxygens (including phenoxy) is 3. The molecule has 406 valence electrons. The van der Waals surface area contributed by atoms with Gasteiger partial charge in [0, 0.05) is 54.4 Å². The van der Waals surface area contributed by atoms with Crippen LogP contribution in [-0.4, -0.2) is 187 Å². The number of esters is 1. The molecule has 2 heterocycles. The number of nitrogens with zero attached hydrogens (tertiary/aromatic N) is 2. The van der Waals surface area contributed by atoms with Crippen molar-refractivity contribution < 1.29 is 73.1 Å². The molecular weight excluding hydrogens is 925 g/mol. The highest BCUT2D eigenvalue weighted by Crippen LogP contribution is 2.71. The molecule has 23 atom stereocenters. The highest BCUT2D eigenvalue weighted by molar-refractivity contribution is 6.01. The Balaban J connectivity index is 1.23. The van der Waals surface area contributed by atoms with Gasteiger partial charge in [0.25, 0.3) is 5.91 Å². The van der Waals surface area contributed by atoms with Crippen LogP contribution in [0.1, 0.15) is 121 Å². The van der Waals surface area contributed by atoms with Crippen LogP contribution in [0.3, 0.4) is 0 Å². The van der Waals surface area contributed by atoms with Crippen molar-refractivity contribution in [1.82, 2.24) is 15.1 Å². The van der Waals surface area contributed by atoms with Gasteiger partial charge >= 0.3 is 5.97 Å². The molecule has 6 aliphatic rings. The van der Waals surface area contributed by atoms with Crippen molar-refractivity contribution in [1.29, 1.82) is 0 Å². The molecule has 0 spiro atoms. The van der Waals surface area contributed by atoms with Gasteiger partial charge in [-0.25, -0.2) is 8.78 Å². The van der Waals surface area contributed by atoms with Gasteiger partial charge in [-0.3, -0.25) is 19.3 Å². The molecule has 2 saturated heterocycles. The Morgan fingerprint density at radius 3 is 2.21 bits per heavy atom. The number of carbonyl (C=O) groups is 3. The van der Waals surface area contributed by atoms with Gasteiger partial charge in [-0.1, -0.05) is 40.7 Å². The van der Waals surface area contributed by atoms with Crippen molar-refractivity contribution in [2.24, 2.45) is 46.3 Å². The summed E-state index contributed by atoms with van der Waals surface area (Å²) in [6.07, 6.45) is -7.07. The number of fused-ring (bicyclic) bond motifs is 5. The van der Waals surface area contributed by atoms with Crippen molar-refractivity contribution in [2.45, 2.75) is 211 Å². The van der Waals surface area contributed by atoms with Crippen LogP contribution in [0.25, 0.3) is 0 Å². The second-order valence-electron chi connectivity index (χ2n) is 24.0. The van der Waals surface area contributed by atoms with Crippen LogP contribution in [0.15, 0.2) is 23.8 Å². The Morgan fingerprint density at radius 2 is 1.59 bits per heavy atom. The first-order valence-corrected chi connectivity index (χ1v) is 26.1. The maximum absolute atomic E-state index is 17.8. The Bertz CT molecular complexity index is 2010. The number of ketones is 1. The normalized spacial score (nSPS) is 50.2. The molecule has 71 heavy (non-hydrogen) atoms. The fraction of sp³-hybridized carbons (Fsp3) is 0.868. The summed E-state index contributed by atoms with van der Waals surface area (Å²) in [5.41, 5.74) is -11.1. The average Bonchev–Trinajstić information content (AvgIpc) is 3.49. The third-order valence-corrected chi connectivity index (χ3v) is 18.8. The predicted molar refractivity (Wildman–Crippen MR) is 260 cm³/mol. The zero-order valence-electron chi connectivity index (χ0n) is 44.3.